The number of ether oxygens (including phenoxy) is 2. The molecule has 0 fully saturated rings. The Hall–Kier alpha value is -3.10. The van der Waals surface area contributed by atoms with Crippen molar-refractivity contribution in [3.05, 3.63) is 53.4 Å². The Bertz CT molecular complexity index is 1040. The van der Waals surface area contributed by atoms with Crippen molar-refractivity contribution in [1.29, 1.82) is 0 Å². The number of methoxy groups -OCH3 is 1. The summed E-state index contributed by atoms with van der Waals surface area (Å²) in [5, 5.41) is 7.48. The molecular formula is C24H29ClN4O4. The maximum atomic E-state index is 12.5. The Morgan fingerprint density at radius 2 is 1.88 bits per heavy atom. The van der Waals surface area contributed by atoms with Crippen molar-refractivity contribution in [3.8, 4) is 22.9 Å². The highest BCUT2D eigenvalue weighted by Crippen LogP contribution is 2.30. The van der Waals surface area contributed by atoms with Crippen LogP contribution in [0.25, 0.3) is 11.4 Å². The number of aromatic nitrogens is 2. The lowest BCUT2D eigenvalue weighted by atomic mass is 10.2. The van der Waals surface area contributed by atoms with Crippen molar-refractivity contribution in [2.75, 3.05) is 38.7 Å². The molecule has 0 aliphatic heterocycles. The summed E-state index contributed by atoms with van der Waals surface area (Å²) in [6, 6.07) is 12.5. The lowest BCUT2D eigenvalue weighted by Crippen LogP contribution is -2.28. The van der Waals surface area contributed by atoms with Crippen molar-refractivity contribution < 1.29 is 18.8 Å². The molecule has 0 aliphatic rings. The number of aryl methyl sites for hydroxylation is 1. The summed E-state index contributed by atoms with van der Waals surface area (Å²) in [5.41, 5.74) is 1.43. The quantitative estimate of drug-likeness (QED) is 0.409. The molecule has 0 saturated heterocycles. The van der Waals surface area contributed by atoms with Crippen LogP contribution in [-0.4, -0.2) is 54.3 Å². The number of nitrogens with one attached hydrogen (secondary N) is 1. The predicted octanol–water partition coefficient (Wildman–Crippen LogP) is 4.69. The maximum absolute atomic E-state index is 12.5. The fourth-order valence-electron chi connectivity index (χ4n) is 3.21. The van der Waals surface area contributed by atoms with Gasteiger partial charge in [-0.05, 0) is 49.5 Å². The molecule has 0 aliphatic carbocycles. The van der Waals surface area contributed by atoms with Crippen LogP contribution in [0.5, 0.6) is 11.5 Å². The Morgan fingerprint density at radius 1 is 1.12 bits per heavy atom. The topological polar surface area (TPSA) is 89.7 Å². The third-order valence-electron chi connectivity index (χ3n) is 5.14. The molecule has 0 bridgehead atoms. The first kappa shape index (κ1) is 24.5. The van der Waals surface area contributed by atoms with E-state index in [9.17, 15) is 4.79 Å². The maximum Gasteiger partial charge on any atom is 0.227 e. The van der Waals surface area contributed by atoms with Gasteiger partial charge in [0.1, 0.15) is 6.61 Å². The number of halogens is 1. The fourth-order valence-corrected chi connectivity index (χ4v) is 3.33. The predicted molar refractivity (Wildman–Crippen MR) is 128 cm³/mol. The van der Waals surface area contributed by atoms with E-state index < -0.39 is 0 Å². The summed E-state index contributed by atoms with van der Waals surface area (Å²) >= 11 is 5.91. The highest BCUT2D eigenvalue weighted by molar-refractivity contribution is 6.30. The van der Waals surface area contributed by atoms with E-state index in [1.807, 2.05) is 12.1 Å². The van der Waals surface area contributed by atoms with Crippen molar-refractivity contribution in [2.24, 2.45) is 0 Å². The first-order chi connectivity index (χ1) is 16.0. The van der Waals surface area contributed by atoms with Crippen molar-refractivity contribution in [3.63, 3.8) is 0 Å². The summed E-state index contributed by atoms with van der Waals surface area (Å²) in [6.45, 7) is 7.51. The van der Waals surface area contributed by atoms with E-state index in [0.29, 0.717) is 47.0 Å². The van der Waals surface area contributed by atoms with Crippen LogP contribution in [-0.2, 0) is 11.2 Å². The van der Waals surface area contributed by atoms with Gasteiger partial charge in [0.2, 0.25) is 17.6 Å². The van der Waals surface area contributed by atoms with Gasteiger partial charge in [0.15, 0.2) is 11.5 Å². The lowest BCUT2D eigenvalue weighted by Gasteiger charge is -2.19. The molecule has 1 N–H and O–H groups in total. The number of hydrogen-bond donors (Lipinski definition) is 1. The third-order valence-corrected chi connectivity index (χ3v) is 5.40. The molecule has 1 heterocycles. The Balaban J connectivity index is 1.54. The zero-order valence-corrected chi connectivity index (χ0v) is 19.9. The molecule has 0 saturated carbocycles. The van der Waals surface area contributed by atoms with Crippen LogP contribution < -0.4 is 14.8 Å². The SMILES string of the molecule is CCN(CC)CCOc1cc(NC(=O)CCc2nc(-c3ccc(Cl)cc3)no2)ccc1OC. The molecule has 33 heavy (non-hydrogen) atoms. The van der Waals surface area contributed by atoms with Gasteiger partial charge >= 0.3 is 0 Å². The molecular weight excluding hydrogens is 444 g/mol. The van der Waals surface area contributed by atoms with Gasteiger partial charge in [-0.25, -0.2) is 0 Å². The van der Waals surface area contributed by atoms with Gasteiger partial charge in [0.05, 0.1) is 7.11 Å². The van der Waals surface area contributed by atoms with Crippen molar-refractivity contribution in [2.45, 2.75) is 26.7 Å². The number of amides is 1. The van der Waals surface area contributed by atoms with E-state index in [2.05, 4.69) is 34.2 Å². The van der Waals surface area contributed by atoms with Crippen LogP contribution in [0.3, 0.4) is 0 Å². The molecule has 3 aromatic rings. The van der Waals surface area contributed by atoms with Crippen LogP contribution >= 0.6 is 11.6 Å². The smallest absolute Gasteiger partial charge is 0.227 e. The molecule has 1 amide bonds. The zero-order valence-electron chi connectivity index (χ0n) is 19.1. The van der Waals surface area contributed by atoms with Crippen LogP contribution in [0.15, 0.2) is 47.0 Å². The third kappa shape index (κ3) is 7.20. The largest absolute Gasteiger partial charge is 0.493 e. The summed E-state index contributed by atoms with van der Waals surface area (Å²) in [5.74, 6) is 1.90. The standard InChI is InChI=1S/C24H29ClN4O4/c1-4-29(5-2)14-15-32-21-16-19(10-11-20(21)31-3)26-22(30)12-13-23-27-24(28-33-23)17-6-8-18(25)9-7-17/h6-11,16H,4-5,12-15H2,1-3H3,(H,26,30). The molecule has 0 unspecified atom stereocenters. The van der Waals surface area contributed by atoms with Gasteiger partial charge < -0.3 is 24.2 Å². The molecule has 8 nitrogen and oxygen atoms in total. The van der Waals surface area contributed by atoms with E-state index in [4.69, 9.17) is 25.6 Å². The lowest BCUT2D eigenvalue weighted by molar-refractivity contribution is -0.116. The van der Waals surface area contributed by atoms with E-state index >= 15 is 0 Å². The Kier molecular flexibility index (Phi) is 9.09. The van der Waals surface area contributed by atoms with Crippen LogP contribution in [0.4, 0.5) is 5.69 Å². The molecule has 1 aromatic heterocycles. The monoisotopic (exact) mass is 472 g/mol. The highest BCUT2D eigenvalue weighted by atomic mass is 35.5. The van der Waals surface area contributed by atoms with Crippen molar-refractivity contribution >= 4 is 23.2 Å². The van der Waals surface area contributed by atoms with Gasteiger partial charge in [-0.1, -0.05) is 30.6 Å². The minimum absolute atomic E-state index is 0.166. The number of rotatable bonds is 12. The molecule has 3 rings (SSSR count). The van der Waals surface area contributed by atoms with Gasteiger partial charge in [0.25, 0.3) is 0 Å². The Morgan fingerprint density at radius 3 is 2.58 bits per heavy atom. The number of hydrogen-bond acceptors (Lipinski definition) is 7. The second-order valence-electron chi connectivity index (χ2n) is 7.31. The molecule has 0 radical (unpaired) electrons. The number of carbonyl (C=O) groups is 1. The summed E-state index contributed by atoms with van der Waals surface area (Å²) in [6.07, 6.45) is 0.530. The number of nitrogens with zero attached hydrogens (tertiary/aromatic N) is 3. The van der Waals surface area contributed by atoms with Gasteiger partial charge in [-0.15, -0.1) is 0 Å². The van der Waals surface area contributed by atoms with E-state index in [0.717, 1.165) is 25.2 Å². The van der Waals surface area contributed by atoms with E-state index in [-0.39, 0.29) is 12.3 Å². The van der Waals surface area contributed by atoms with Gasteiger partial charge in [-0.2, -0.15) is 4.98 Å². The molecule has 2 aromatic carbocycles. The second-order valence-corrected chi connectivity index (χ2v) is 7.74. The van der Waals surface area contributed by atoms with Crippen LogP contribution in [0.2, 0.25) is 5.02 Å². The summed E-state index contributed by atoms with van der Waals surface area (Å²) in [7, 11) is 1.59. The van der Waals surface area contributed by atoms with Crippen molar-refractivity contribution in [1.82, 2.24) is 15.0 Å². The number of benzene rings is 2. The minimum Gasteiger partial charge on any atom is -0.493 e. The molecule has 0 atom stereocenters. The molecule has 9 heteroatoms. The van der Waals surface area contributed by atoms with E-state index in [1.165, 1.54) is 0 Å². The zero-order chi connectivity index (χ0) is 23.6. The van der Waals surface area contributed by atoms with Crippen LogP contribution in [0.1, 0.15) is 26.2 Å². The summed E-state index contributed by atoms with van der Waals surface area (Å²) in [4.78, 5) is 19.1. The first-order valence-corrected chi connectivity index (χ1v) is 11.3. The van der Waals surface area contributed by atoms with Gasteiger partial charge in [0, 0.05) is 41.7 Å². The number of anilines is 1. The number of likely N-dealkylation sites (N-methyl/N-ethyl adjacent to an activating group) is 1. The minimum atomic E-state index is -0.166. The number of carbonyl (C=O) groups excluding carboxylic acids is 1. The average molecular weight is 473 g/mol. The molecule has 0 spiro atoms. The second kappa shape index (κ2) is 12.2. The summed E-state index contributed by atoms with van der Waals surface area (Å²) < 4.78 is 16.6. The highest BCUT2D eigenvalue weighted by Gasteiger charge is 2.13. The average Bonchev–Trinajstić information content (AvgIpc) is 3.30. The normalized spacial score (nSPS) is 10.9. The van der Waals surface area contributed by atoms with Gasteiger partial charge in [-0.3, -0.25) is 4.79 Å². The first-order valence-electron chi connectivity index (χ1n) is 10.9. The van der Waals surface area contributed by atoms with Crippen LogP contribution in [0, 0.1) is 0 Å². The Labute approximate surface area is 198 Å². The molecule has 176 valence electrons. The van der Waals surface area contributed by atoms with E-state index in [1.54, 1.807) is 37.4 Å². The fraction of sp³-hybridized carbons (Fsp3) is 0.375.